The van der Waals surface area contributed by atoms with Gasteiger partial charge in [0.1, 0.15) is 0 Å². The maximum absolute atomic E-state index is 11.5. The van der Waals surface area contributed by atoms with Crippen molar-refractivity contribution in [2.45, 2.75) is 19.3 Å². The van der Waals surface area contributed by atoms with Crippen molar-refractivity contribution >= 4 is 5.91 Å². The normalized spacial score (nSPS) is 12.8. The molecule has 0 aromatic rings. The Kier molecular flexibility index (Phi) is 9.12. The third-order valence-corrected chi connectivity index (χ3v) is 2.12. The van der Waals surface area contributed by atoms with Gasteiger partial charge in [-0.3, -0.25) is 4.79 Å². The van der Waals surface area contributed by atoms with E-state index in [-0.39, 0.29) is 18.2 Å². The second-order valence-electron chi connectivity index (χ2n) is 3.31. The lowest BCUT2D eigenvalue weighted by atomic mass is 10.3. The van der Waals surface area contributed by atoms with Crippen LogP contribution < -0.4 is 10.6 Å². The number of methoxy groups -OCH3 is 3. The minimum atomic E-state index is -0.339. The van der Waals surface area contributed by atoms with E-state index in [0.29, 0.717) is 19.7 Å². The monoisotopic (exact) mass is 234 g/mol. The molecule has 0 aliphatic rings. The maximum Gasteiger partial charge on any atom is 0.236 e. The van der Waals surface area contributed by atoms with Gasteiger partial charge in [-0.2, -0.15) is 0 Å². The van der Waals surface area contributed by atoms with Crippen LogP contribution in [-0.2, 0) is 19.0 Å². The predicted molar refractivity (Wildman–Crippen MR) is 60.2 cm³/mol. The second kappa shape index (κ2) is 9.53. The lowest BCUT2D eigenvalue weighted by Gasteiger charge is -2.18. The van der Waals surface area contributed by atoms with Gasteiger partial charge in [0.2, 0.25) is 5.91 Å². The van der Waals surface area contributed by atoms with Gasteiger partial charge in [0.25, 0.3) is 0 Å². The molecule has 0 aliphatic carbocycles. The Morgan fingerprint density at radius 1 is 1.25 bits per heavy atom. The lowest BCUT2D eigenvalue weighted by molar-refractivity contribution is -0.124. The molecule has 2 N–H and O–H groups in total. The zero-order chi connectivity index (χ0) is 12.4. The topological polar surface area (TPSA) is 68.8 Å². The van der Waals surface area contributed by atoms with Gasteiger partial charge in [-0.05, 0) is 6.92 Å². The smallest absolute Gasteiger partial charge is 0.236 e. The summed E-state index contributed by atoms with van der Waals surface area (Å²) in [5.74, 6) is -0.0667. The van der Waals surface area contributed by atoms with E-state index in [2.05, 4.69) is 10.6 Å². The van der Waals surface area contributed by atoms with Gasteiger partial charge in [-0.15, -0.1) is 0 Å². The molecule has 0 saturated carbocycles. The first kappa shape index (κ1) is 15.3. The average molecular weight is 234 g/mol. The summed E-state index contributed by atoms with van der Waals surface area (Å²) < 4.78 is 14.8. The minimum Gasteiger partial charge on any atom is -0.383 e. The molecule has 0 fully saturated rings. The molecule has 0 radical (unpaired) electrons. The number of hydrogen-bond donors (Lipinski definition) is 2. The maximum atomic E-state index is 11.5. The molecular weight excluding hydrogens is 212 g/mol. The molecule has 0 spiro atoms. The van der Waals surface area contributed by atoms with Crippen molar-refractivity contribution in [2.24, 2.45) is 0 Å². The standard InChI is InChI=1S/C10H22N2O4/c1-8(10(13)11-5-6-14-2)12-7-9(15-3)16-4/h8-9,12H,5-7H2,1-4H3,(H,11,13). The second-order valence-corrected chi connectivity index (χ2v) is 3.31. The van der Waals surface area contributed by atoms with Crippen LogP contribution in [0.1, 0.15) is 6.92 Å². The average Bonchev–Trinajstić information content (AvgIpc) is 2.30. The van der Waals surface area contributed by atoms with Crippen molar-refractivity contribution in [2.75, 3.05) is 41.0 Å². The van der Waals surface area contributed by atoms with Crippen molar-refractivity contribution < 1.29 is 19.0 Å². The van der Waals surface area contributed by atoms with Gasteiger partial charge in [0.05, 0.1) is 12.6 Å². The molecule has 0 aromatic carbocycles. The molecule has 0 aliphatic heterocycles. The largest absolute Gasteiger partial charge is 0.383 e. The van der Waals surface area contributed by atoms with Crippen molar-refractivity contribution in [3.63, 3.8) is 0 Å². The highest BCUT2D eigenvalue weighted by Gasteiger charge is 2.13. The van der Waals surface area contributed by atoms with Crippen molar-refractivity contribution in [3.05, 3.63) is 0 Å². The van der Waals surface area contributed by atoms with E-state index in [4.69, 9.17) is 14.2 Å². The summed E-state index contributed by atoms with van der Waals surface area (Å²) in [6, 6.07) is -0.287. The van der Waals surface area contributed by atoms with E-state index in [1.807, 2.05) is 0 Å². The Labute approximate surface area is 96.6 Å². The van der Waals surface area contributed by atoms with Crippen molar-refractivity contribution in [1.82, 2.24) is 10.6 Å². The number of carbonyl (C=O) groups excluding carboxylic acids is 1. The fourth-order valence-corrected chi connectivity index (χ4v) is 1.06. The highest BCUT2D eigenvalue weighted by Crippen LogP contribution is 1.90. The number of hydrogen-bond acceptors (Lipinski definition) is 5. The van der Waals surface area contributed by atoms with E-state index in [0.717, 1.165) is 0 Å². The SMILES string of the molecule is COCCNC(=O)C(C)NCC(OC)OC. The van der Waals surface area contributed by atoms with Gasteiger partial charge in [0, 0.05) is 34.4 Å². The molecule has 6 heteroatoms. The Balaban J connectivity index is 3.69. The first-order valence-corrected chi connectivity index (χ1v) is 5.21. The molecule has 96 valence electrons. The van der Waals surface area contributed by atoms with E-state index in [1.165, 1.54) is 0 Å². The van der Waals surface area contributed by atoms with Crippen LogP contribution in [0.15, 0.2) is 0 Å². The summed E-state index contributed by atoms with van der Waals surface area (Å²) in [5, 5.41) is 5.74. The molecule has 1 unspecified atom stereocenters. The molecule has 0 rings (SSSR count). The van der Waals surface area contributed by atoms with E-state index < -0.39 is 0 Å². The Morgan fingerprint density at radius 2 is 1.88 bits per heavy atom. The molecule has 0 bridgehead atoms. The number of amides is 1. The van der Waals surface area contributed by atoms with Crippen LogP contribution in [0.2, 0.25) is 0 Å². The summed E-state index contributed by atoms with van der Waals surface area (Å²) in [4.78, 5) is 11.5. The fraction of sp³-hybridized carbons (Fsp3) is 0.900. The van der Waals surface area contributed by atoms with Crippen LogP contribution in [0.4, 0.5) is 0 Å². The number of carbonyl (C=O) groups is 1. The van der Waals surface area contributed by atoms with Gasteiger partial charge in [-0.1, -0.05) is 0 Å². The molecule has 1 atom stereocenters. The Morgan fingerprint density at radius 3 is 2.38 bits per heavy atom. The molecule has 0 heterocycles. The van der Waals surface area contributed by atoms with Crippen LogP contribution >= 0.6 is 0 Å². The predicted octanol–water partition coefficient (Wildman–Crippen LogP) is -0.654. The van der Waals surface area contributed by atoms with Crippen LogP contribution in [0.25, 0.3) is 0 Å². The van der Waals surface area contributed by atoms with E-state index in [9.17, 15) is 4.79 Å². The van der Waals surface area contributed by atoms with Crippen LogP contribution in [-0.4, -0.2) is 59.3 Å². The highest BCUT2D eigenvalue weighted by atomic mass is 16.7. The Hall–Kier alpha value is -0.690. The summed E-state index contributed by atoms with van der Waals surface area (Å²) in [6.45, 7) is 3.27. The third-order valence-electron chi connectivity index (χ3n) is 2.12. The number of nitrogens with one attached hydrogen (secondary N) is 2. The molecule has 16 heavy (non-hydrogen) atoms. The third kappa shape index (κ3) is 6.73. The first-order valence-electron chi connectivity index (χ1n) is 5.21. The number of rotatable bonds is 9. The highest BCUT2D eigenvalue weighted by molar-refractivity contribution is 5.81. The molecule has 1 amide bonds. The summed E-state index contributed by atoms with van der Waals surface area (Å²) >= 11 is 0. The van der Waals surface area contributed by atoms with Crippen molar-refractivity contribution in [1.29, 1.82) is 0 Å². The van der Waals surface area contributed by atoms with Gasteiger partial charge < -0.3 is 24.8 Å². The zero-order valence-corrected chi connectivity index (χ0v) is 10.4. The van der Waals surface area contributed by atoms with Gasteiger partial charge >= 0.3 is 0 Å². The summed E-state index contributed by atoms with van der Waals surface area (Å²) in [6.07, 6.45) is -0.339. The zero-order valence-electron chi connectivity index (χ0n) is 10.4. The van der Waals surface area contributed by atoms with Crippen LogP contribution in [0, 0.1) is 0 Å². The molecular formula is C10H22N2O4. The quantitative estimate of drug-likeness (QED) is 0.410. The number of ether oxygens (including phenoxy) is 3. The molecule has 0 aromatic heterocycles. The van der Waals surface area contributed by atoms with E-state index in [1.54, 1.807) is 28.3 Å². The Bertz CT molecular complexity index is 186. The lowest BCUT2D eigenvalue weighted by Crippen LogP contribution is -2.46. The van der Waals surface area contributed by atoms with E-state index >= 15 is 0 Å². The van der Waals surface area contributed by atoms with Gasteiger partial charge in [0.15, 0.2) is 6.29 Å². The van der Waals surface area contributed by atoms with Crippen molar-refractivity contribution in [3.8, 4) is 0 Å². The minimum absolute atomic E-state index is 0.0667. The fourth-order valence-electron chi connectivity index (χ4n) is 1.06. The molecule has 6 nitrogen and oxygen atoms in total. The summed E-state index contributed by atoms with van der Waals surface area (Å²) in [7, 11) is 4.70. The first-order chi connectivity index (χ1) is 7.65. The van der Waals surface area contributed by atoms with Crippen LogP contribution in [0.5, 0.6) is 0 Å². The van der Waals surface area contributed by atoms with Crippen LogP contribution in [0.3, 0.4) is 0 Å². The molecule has 0 saturated heterocycles. The van der Waals surface area contributed by atoms with Gasteiger partial charge in [-0.25, -0.2) is 0 Å². The summed E-state index contributed by atoms with van der Waals surface area (Å²) in [5.41, 5.74) is 0.